The summed E-state index contributed by atoms with van der Waals surface area (Å²) in [5, 5.41) is 0. The molecule has 1 fully saturated rings. The van der Waals surface area contributed by atoms with Crippen molar-refractivity contribution in [2.24, 2.45) is 0 Å². The van der Waals surface area contributed by atoms with E-state index in [1.54, 1.807) is 20.8 Å². The van der Waals surface area contributed by atoms with Crippen molar-refractivity contribution in [2.45, 2.75) is 45.7 Å². The lowest BCUT2D eigenvalue weighted by atomic mass is 10.1. The van der Waals surface area contributed by atoms with Gasteiger partial charge < -0.3 is 4.74 Å². The predicted octanol–water partition coefficient (Wildman–Crippen LogP) is 0.991. The first-order valence-corrected chi connectivity index (χ1v) is 5.50. The van der Waals surface area contributed by atoms with Crippen molar-refractivity contribution in [3.63, 3.8) is 0 Å². The number of esters is 1. The quantitative estimate of drug-likeness (QED) is 0.653. The highest BCUT2D eigenvalue weighted by Crippen LogP contribution is 2.21. The van der Waals surface area contributed by atoms with E-state index in [4.69, 9.17) is 4.74 Å². The van der Waals surface area contributed by atoms with E-state index in [-0.39, 0.29) is 23.8 Å². The molecule has 0 spiro atoms. The molecule has 1 aliphatic heterocycles. The molecule has 0 aromatic rings. The Hall–Kier alpha value is -0.900. The molecule has 0 N–H and O–H groups in total. The summed E-state index contributed by atoms with van der Waals surface area (Å²) < 4.78 is 4.95. The monoisotopic (exact) mass is 213 g/mol. The Bertz CT molecular complexity index is 252. The molecule has 0 bridgehead atoms. The molecule has 0 amide bonds. The summed E-state index contributed by atoms with van der Waals surface area (Å²) >= 11 is 0. The van der Waals surface area contributed by atoms with Gasteiger partial charge in [0.25, 0.3) is 0 Å². The number of rotatable bonds is 4. The van der Waals surface area contributed by atoms with Crippen LogP contribution >= 0.6 is 0 Å². The van der Waals surface area contributed by atoms with Crippen LogP contribution in [0.1, 0.15) is 33.6 Å². The van der Waals surface area contributed by atoms with Crippen molar-refractivity contribution in [2.75, 3.05) is 13.2 Å². The second-order valence-electron chi connectivity index (χ2n) is 3.93. The Kier molecular flexibility index (Phi) is 4.27. The summed E-state index contributed by atoms with van der Waals surface area (Å²) in [6.07, 6.45) is 1.84. The topological polar surface area (TPSA) is 46.6 Å². The molecule has 4 nitrogen and oxygen atoms in total. The van der Waals surface area contributed by atoms with Crippen LogP contribution in [0.25, 0.3) is 0 Å². The second kappa shape index (κ2) is 5.26. The molecule has 4 heteroatoms. The molecule has 1 saturated heterocycles. The van der Waals surface area contributed by atoms with E-state index in [1.807, 2.05) is 4.90 Å². The number of carbonyl (C=O) groups excluding carboxylic acids is 2. The first-order valence-electron chi connectivity index (χ1n) is 5.50. The van der Waals surface area contributed by atoms with Gasteiger partial charge >= 0.3 is 5.97 Å². The first-order chi connectivity index (χ1) is 7.07. The highest BCUT2D eigenvalue weighted by molar-refractivity contribution is 5.83. The first kappa shape index (κ1) is 12.2. The van der Waals surface area contributed by atoms with Crippen LogP contribution in [0.5, 0.6) is 0 Å². The van der Waals surface area contributed by atoms with Crippen LogP contribution in [-0.4, -0.2) is 41.9 Å². The van der Waals surface area contributed by atoms with Gasteiger partial charge in [0, 0.05) is 0 Å². The predicted molar refractivity (Wildman–Crippen MR) is 56.5 cm³/mol. The van der Waals surface area contributed by atoms with Gasteiger partial charge in [-0.2, -0.15) is 0 Å². The summed E-state index contributed by atoms with van der Waals surface area (Å²) in [5.74, 6) is -0.0886. The van der Waals surface area contributed by atoms with Gasteiger partial charge in [-0.3, -0.25) is 14.5 Å². The molecular formula is C11H19NO3. The molecule has 0 aromatic heterocycles. The van der Waals surface area contributed by atoms with Crippen molar-refractivity contribution < 1.29 is 14.3 Å². The summed E-state index contributed by atoms with van der Waals surface area (Å²) in [6, 6.07) is -0.397. The molecule has 86 valence electrons. The van der Waals surface area contributed by atoms with Crippen molar-refractivity contribution in [1.82, 2.24) is 4.90 Å². The van der Waals surface area contributed by atoms with E-state index in [9.17, 15) is 9.59 Å². The van der Waals surface area contributed by atoms with Crippen LogP contribution in [0, 0.1) is 0 Å². The minimum atomic E-state index is -0.304. The number of likely N-dealkylation sites (tertiary alicyclic amines) is 1. The zero-order valence-electron chi connectivity index (χ0n) is 9.66. The number of hydrogen-bond acceptors (Lipinski definition) is 4. The largest absolute Gasteiger partial charge is 0.465 e. The van der Waals surface area contributed by atoms with Crippen LogP contribution in [0.4, 0.5) is 0 Å². The molecule has 0 aliphatic carbocycles. The molecule has 0 radical (unpaired) electrons. The minimum absolute atomic E-state index is 0.0931. The van der Waals surface area contributed by atoms with Crippen LogP contribution in [-0.2, 0) is 14.3 Å². The molecule has 15 heavy (non-hydrogen) atoms. The Balaban J connectivity index is 2.61. The third kappa shape index (κ3) is 2.78. The van der Waals surface area contributed by atoms with Crippen LogP contribution in [0.2, 0.25) is 0 Å². The van der Waals surface area contributed by atoms with Gasteiger partial charge in [-0.25, -0.2) is 0 Å². The number of ether oxygens (including phenoxy) is 1. The maximum absolute atomic E-state index is 11.5. The molecule has 2 unspecified atom stereocenters. The molecule has 0 saturated carbocycles. The van der Waals surface area contributed by atoms with Gasteiger partial charge in [-0.1, -0.05) is 0 Å². The molecule has 1 rings (SSSR count). The lowest BCUT2D eigenvalue weighted by Gasteiger charge is -2.27. The standard InChI is InChI=1S/C11H19NO3/c1-4-15-11(14)8(2)12-7-5-6-10(12)9(3)13/h8,10H,4-7H2,1-3H3. The number of Topliss-reactive ketones (excluding diaryl/α,β-unsaturated/α-hetero) is 1. The van der Waals surface area contributed by atoms with Crippen LogP contribution in [0.3, 0.4) is 0 Å². The van der Waals surface area contributed by atoms with E-state index in [1.165, 1.54) is 0 Å². The van der Waals surface area contributed by atoms with E-state index < -0.39 is 0 Å². The lowest BCUT2D eigenvalue weighted by Crippen LogP contribution is -2.45. The van der Waals surface area contributed by atoms with Crippen molar-refractivity contribution in [1.29, 1.82) is 0 Å². The SMILES string of the molecule is CCOC(=O)C(C)N1CCCC1C(C)=O. The molecular weight excluding hydrogens is 194 g/mol. The summed E-state index contributed by atoms with van der Waals surface area (Å²) in [4.78, 5) is 24.8. The molecule has 0 aromatic carbocycles. The average molecular weight is 213 g/mol. The molecule has 1 heterocycles. The van der Waals surface area contributed by atoms with Gasteiger partial charge in [-0.05, 0) is 40.2 Å². The Labute approximate surface area is 90.6 Å². The molecule has 2 atom stereocenters. The fourth-order valence-electron chi connectivity index (χ4n) is 2.09. The van der Waals surface area contributed by atoms with Crippen LogP contribution in [0.15, 0.2) is 0 Å². The fourth-order valence-corrected chi connectivity index (χ4v) is 2.09. The summed E-state index contributed by atoms with van der Waals surface area (Å²) in [7, 11) is 0. The van der Waals surface area contributed by atoms with E-state index in [0.29, 0.717) is 6.61 Å². The van der Waals surface area contributed by atoms with Gasteiger partial charge in [0.1, 0.15) is 11.8 Å². The normalized spacial score (nSPS) is 23.8. The fraction of sp³-hybridized carbons (Fsp3) is 0.818. The van der Waals surface area contributed by atoms with E-state index in [0.717, 1.165) is 19.4 Å². The number of nitrogens with zero attached hydrogens (tertiary/aromatic N) is 1. The maximum atomic E-state index is 11.5. The highest BCUT2D eigenvalue weighted by Gasteiger charge is 2.34. The third-order valence-electron chi connectivity index (χ3n) is 2.89. The Morgan fingerprint density at radius 3 is 2.73 bits per heavy atom. The van der Waals surface area contributed by atoms with Gasteiger partial charge in [0.15, 0.2) is 0 Å². The Morgan fingerprint density at radius 1 is 1.53 bits per heavy atom. The van der Waals surface area contributed by atoms with Gasteiger partial charge in [-0.15, -0.1) is 0 Å². The number of ketones is 1. The van der Waals surface area contributed by atoms with Crippen molar-refractivity contribution >= 4 is 11.8 Å². The third-order valence-corrected chi connectivity index (χ3v) is 2.89. The summed E-state index contributed by atoms with van der Waals surface area (Å²) in [5.41, 5.74) is 0. The number of hydrogen-bond donors (Lipinski definition) is 0. The van der Waals surface area contributed by atoms with E-state index >= 15 is 0 Å². The Morgan fingerprint density at radius 2 is 2.20 bits per heavy atom. The highest BCUT2D eigenvalue weighted by atomic mass is 16.5. The van der Waals surface area contributed by atoms with Crippen molar-refractivity contribution in [3.05, 3.63) is 0 Å². The second-order valence-corrected chi connectivity index (χ2v) is 3.93. The smallest absolute Gasteiger partial charge is 0.323 e. The zero-order chi connectivity index (χ0) is 11.4. The van der Waals surface area contributed by atoms with Gasteiger partial charge in [0.2, 0.25) is 0 Å². The van der Waals surface area contributed by atoms with Crippen LogP contribution < -0.4 is 0 Å². The summed E-state index contributed by atoms with van der Waals surface area (Å²) in [6.45, 7) is 6.38. The average Bonchev–Trinajstić information content (AvgIpc) is 2.65. The molecule has 1 aliphatic rings. The number of carbonyl (C=O) groups is 2. The maximum Gasteiger partial charge on any atom is 0.323 e. The minimum Gasteiger partial charge on any atom is -0.465 e. The van der Waals surface area contributed by atoms with E-state index in [2.05, 4.69) is 0 Å². The zero-order valence-corrected chi connectivity index (χ0v) is 9.66. The van der Waals surface area contributed by atoms with Crippen molar-refractivity contribution in [3.8, 4) is 0 Å². The lowest BCUT2D eigenvalue weighted by molar-refractivity contribution is -0.149. The van der Waals surface area contributed by atoms with Gasteiger partial charge in [0.05, 0.1) is 12.6 Å².